The van der Waals surface area contributed by atoms with E-state index in [1.165, 1.54) is 5.56 Å². The normalized spacial score (nSPS) is 10.9. The molecule has 78 valence electrons. The first-order valence-corrected chi connectivity index (χ1v) is 6.12. The molecule has 0 N–H and O–H groups in total. The minimum absolute atomic E-state index is 0.663. The molecule has 2 rings (SSSR count). The molecule has 0 unspecified atom stereocenters. The number of benzene rings is 1. The average Bonchev–Trinajstić information content (AvgIpc) is 2.25. The Hall–Kier alpha value is -0.600. The average molecular weight is 285 g/mol. The predicted molar refractivity (Wildman–Crippen MR) is 68.4 cm³/mol. The summed E-state index contributed by atoms with van der Waals surface area (Å²) in [5.41, 5.74) is 2.34. The Morgan fingerprint density at radius 3 is 2.93 bits per heavy atom. The monoisotopic (exact) mass is 283 g/mol. The van der Waals surface area contributed by atoms with Crippen molar-refractivity contribution in [2.75, 3.05) is 0 Å². The van der Waals surface area contributed by atoms with Crippen LogP contribution in [0, 0.1) is 0 Å². The second kappa shape index (κ2) is 4.50. The first-order chi connectivity index (χ1) is 7.24. The van der Waals surface area contributed by atoms with Gasteiger partial charge in [0.1, 0.15) is 0 Å². The van der Waals surface area contributed by atoms with Gasteiger partial charge in [-0.3, -0.25) is 4.98 Å². The van der Waals surface area contributed by atoms with Crippen molar-refractivity contribution in [2.24, 2.45) is 0 Å². The van der Waals surface area contributed by atoms with Crippen LogP contribution in [0.4, 0.5) is 0 Å². The van der Waals surface area contributed by atoms with Crippen LogP contribution in [0.5, 0.6) is 0 Å². The zero-order chi connectivity index (χ0) is 10.8. The molecular formula is C12H11BrClN. The van der Waals surface area contributed by atoms with Crippen molar-refractivity contribution in [3.8, 4) is 0 Å². The number of hydrogen-bond donors (Lipinski definition) is 0. The third-order valence-electron chi connectivity index (χ3n) is 2.39. The quantitative estimate of drug-likeness (QED) is 0.785. The summed E-state index contributed by atoms with van der Waals surface area (Å²) in [5.74, 6) is 0. The molecule has 1 nitrogen and oxygen atoms in total. The molecule has 1 heterocycles. The Labute approximate surface area is 103 Å². The number of rotatable bonds is 2. The van der Waals surface area contributed by atoms with Gasteiger partial charge >= 0.3 is 0 Å². The Kier molecular flexibility index (Phi) is 3.27. The van der Waals surface area contributed by atoms with Gasteiger partial charge in [0, 0.05) is 16.1 Å². The fourth-order valence-corrected chi connectivity index (χ4v) is 2.27. The Morgan fingerprint density at radius 2 is 2.20 bits per heavy atom. The second-order valence-corrected chi connectivity index (χ2v) is 4.68. The summed E-state index contributed by atoms with van der Waals surface area (Å²) < 4.78 is 0.937. The van der Waals surface area contributed by atoms with Crippen LogP contribution >= 0.6 is 27.5 Å². The maximum Gasteiger partial charge on any atom is 0.0746 e. The van der Waals surface area contributed by atoms with E-state index in [4.69, 9.17) is 11.6 Å². The van der Waals surface area contributed by atoms with E-state index in [-0.39, 0.29) is 0 Å². The van der Waals surface area contributed by atoms with Crippen molar-refractivity contribution in [2.45, 2.75) is 19.8 Å². The molecule has 1 aromatic carbocycles. The van der Waals surface area contributed by atoms with Crippen molar-refractivity contribution in [3.05, 3.63) is 39.5 Å². The van der Waals surface area contributed by atoms with E-state index in [0.29, 0.717) is 5.02 Å². The van der Waals surface area contributed by atoms with Gasteiger partial charge in [-0.15, -0.1) is 0 Å². The van der Waals surface area contributed by atoms with Crippen LogP contribution in [0.1, 0.15) is 18.9 Å². The minimum atomic E-state index is 0.663. The van der Waals surface area contributed by atoms with E-state index in [0.717, 1.165) is 28.2 Å². The molecule has 2 aromatic rings. The third-order valence-corrected chi connectivity index (χ3v) is 3.76. The molecule has 0 aliphatic rings. The highest BCUT2D eigenvalue weighted by Gasteiger charge is 2.07. The molecular weight excluding hydrogens is 273 g/mol. The highest BCUT2D eigenvalue weighted by Crippen LogP contribution is 2.31. The zero-order valence-corrected chi connectivity index (χ0v) is 10.8. The standard InChI is InChI=1S/C12H11BrClN/c1-2-4-8-5-3-6-9-11(13)10(14)7-15-12(8)9/h3,5-7H,2,4H2,1H3. The summed E-state index contributed by atoms with van der Waals surface area (Å²) in [4.78, 5) is 4.40. The van der Waals surface area contributed by atoms with Gasteiger partial charge in [-0.25, -0.2) is 0 Å². The van der Waals surface area contributed by atoms with E-state index < -0.39 is 0 Å². The molecule has 0 bridgehead atoms. The molecule has 0 aliphatic heterocycles. The van der Waals surface area contributed by atoms with E-state index >= 15 is 0 Å². The lowest BCUT2D eigenvalue weighted by Gasteiger charge is -2.06. The summed E-state index contributed by atoms with van der Waals surface area (Å²) in [5, 5.41) is 1.75. The van der Waals surface area contributed by atoms with Crippen LogP contribution in [-0.2, 0) is 6.42 Å². The zero-order valence-electron chi connectivity index (χ0n) is 8.43. The highest BCUT2D eigenvalue weighted by molar-refractivity contribution is 9.10. The lowest BCUT2D eigenvalue weighted by molar-refractivity contribution is 0.926. The first-order valence-electron chi connectivity index (χ1n) is 4.95. The molecule has 3 heteroatoms. The van der Waals surface area contributed by atoms with Crippen LogP contribution in [0.25, 0.3) is 10.9 Å². The Balaban J connectivity index is 2.72. The van der Waals surface area contributed by atoms with Crippen LogP contribution in [-0.4, -0.2) is 4.98 Å². The fourth-order valence-electron chi connectivity index (χ4n) is 1.70. The van der Waals surface area contributed by atoms with Gasteiger partial charge in [0.15, 0.2) is 0 Å². The number of halogens is 2. The summed E-state index contributed by atoms with van der Waals surface area (Å²) in [6, 6.07) is 6.22. The Morgan fingerprint density at radius 1 is 1.40 bits per heavy atom. The van der Waals surface area contributed by atoms with Crippen LogP contribution in [0.15, 0.2) is 28.9 Å². The van der Waals surface area contributed by atoms with Gasteiger partial charge in [0.05, 0.1) is 10.5 Å². The fraction of sp³-hybridized carbons (Fsp3) is 0.250. The number of nitrogens with zero attached hydrogens (tertiary/aromatic N) is 1. The first kappa shape index (κ1) is 10.9. The number of aromatic nitrogens is 1. The van der Waals surface area contributed by atoms with Crippen LogP contribution in [0.3, 0.4) is 0 Å². The van der Waals surface area contributed by atoms with E-state index in [2.05, 4.69) is 40.0 Å². The van der Waals surface area contributed by atoms with Gasteiger partial charge in [0.2, 0.25) is 0 Å². The lowest BCUT2D eigenvalue weighted by Crippen LogP contribution is -1.89. The maximum absolute atomic E-state index is 6.01. The summed E-state index contributed by atoms with van der Waals surface area (Å²) in [6.07, 6.45) is 3.88. The lowest BCUT2D eigenvalue weighted by atomic mass is 10.1. The second-order valence-electron chi connectivity index (χ2n) is 3.48. The van der Waals surface area contributed by atoms with Gasteiger partial charge in [0.25, 0.3) is 0 Å². The summed E-state index contributed by atoms with van der Waals surface area (Å²) >= 11 is 9.50. The predicted octanol–water partition coefficient (Wildman–Crippen LogP) is 4.60. The molecule has 1 aromatic heterocycles. The summed E-state index contributed by atoms with van der Waals surface area (Å²) in [6.45, 7) is 2.17. The maximum atomic E-state index is 6.01. The van der Waals surface area contributed by atoms with Crippen molar-refractivity contribution in [1.29, 1.82) is 0 Å². The third kappa shape index (κ3) is 2.01. The SMILES string of the molecule is CCCc1cccc2c(Br)c(Cl)cnc12. The number of fused-ring (bicyclic) bond motifs is 1. The van der Waals surface area contributed by atoms with Crippen molar-refractivity contribution in [3.63, 3.8) is 0 Å². The van der Waals surface area contributed by atoms with Crippen molar-refractivity contribution < 1.29 is 0 Å². The smallest absolute Gasteiger partial charge is 0.0746 e. The topological polar surface area (TPSA) is 12.9 Å². The highest BCUT2D eigenvalue weighted by atomic mass is 79.9. The van der Waals surface area contributed by atoms with E-state index in [1.807, 2.05) is 6.07 Å². The molecule has 0 aliphatic carbocycles. The van der Waals surface area contributed by atoms with Gasteiger partial charge < -0.3 is 0 Å². The van der Waals surface area contributed by atoms with E-state index in [1.54, 1.807) is 6.20 Å². The summed E-state index contributed by atoms with van der Waals surface area (Å²) in [7, 11) is 0. The molecule has 0 fully saturated rings. The molecule has 0 amide bonds. The molecule has 0 radical (unpaired) electrons. The number of para-hydroxylation sites is 1. The van der Waals surface area contributed by atoms with Crippen molar-refractivity contribution >= 4 is 38.4 Å². The largest absolute Gasteiger partial charge is 0.254 e. The molecule has 0 saturated carbocycles. The van der Waals surface area contributed by atoms with Gasteiger partial charge in [-0.05, 0) is 27.9 Å². The molecule has 0 saturated heterocycles. The van der Waals surface area contributed by atoms with Gasteiger partial charge in [-0.2, -0.15) is 0 Å². The number of hydrogen-bond acceptors (Lipinski definition) is 1. The molecule has 0 atom stereocenters. The molecule has 15 heavy (non-hydrogen) atoms. The van der Waals surface area contributed by atoms with Gasteiger partial charge in [-0.1, -0.05) is 43.1 Å². The Bertz CT molecular complexity index is 496. The number of pyridine rings is 1. The van der Waals surface area contributed by atoms with E-state index in [9.17, 15) is 0 Å². The molecule has 0 spiro atoms. The number of aryl methyl sites for hydroxylation is 1. The van der Waals surface area contributed by atoms with Crippen molar-refractivity contribution in [1.82, 2.24) is 4.98 Å². The van der Waals surface area contributed by atoms with Crippen LogP contribution < -0.4 is 0 Å². The minimum Gasteiger partial charge on any atom is -0.254 e. The van der Waals surface area contributed by atoms with Crippen LogP contribution in [0.2, 0.25) is 5.02 Å².